The number of carbonyl (C=O) groups is 2. The molecule has 6 nitrogen and oxygen atoms in total. The minimum atomic E-state index is -1.84. The zero-order valence-electron chi connectivity index (χ0n) is 4.66. The lowest BCUT2D eigenvalue weighted by molar-refractivity contribution is -0.556. The van der Waals surface area contributed by atoms with Crippen LogP contribution in [0.2, 0.25) is 0 Å². The zero-order chi connectivity index (χ0) is 7.19. The summed E-state index contributed by atoms with van der Waals surface area (Å²) in [6.45, 7) is -0.0411. The van der Waals surface area contributed by atoms with Crippen molar-refractivity contribution in [3.63, 3.8) is 0 Å². The third-order valence-electron chi connectivity index (χ3n) is 1.07. The lowest BCUT2D eigenvalue weighted by atomic mass is 10.7. The van der Waals surface area contributed by atoms with Crippen molar-refractivity contribution in [3.05, 3.63) is 0 Å². The maximum absolute atomic E-state index is 10.3. The van der Waals surface area contributed by atoms with E-state index < -0.39 is 18.1 Å². The first-order valence-electron chi connectivity index (χ1n) is 2.46. The van der Waals surface area contributed by atoms with Crippen LogP contribution in [0.25, 0.3) is 0 Å². The van der Waals surface area contributed by atoms with Gasteiger partial charge in [0.2, 0.25) is 0 Å². The van der Waals surface area contributed by atoms with E-state index in [0.29, 0.717) is 0 Å². The molecule has 1 spiro atoms. The van der Waals surface area contributed by atoms with E-state index in [9.17, 15) is 9.59 Å². The number of rotatable bonds is 0. The smallest absolute Gasteiger partial charge is 0.365 e. The van der Waals surface area contributed by atoms with Crippen LogP contribution < -0.4 is 0 Å². The van der Waals surface area contributed by atoms with E-state index in [1.807, 2.05) is 0 Å². The molecule has 0 saturated carbocycles. The van der Waals surface area contributed by atoms with Crippen molar-refractivity contribution in [1.29, 1.82) is 0 Å². The van der Waals surface area contributed by atoms with E-state index in [1.54, 1.807) is 0 Å². The molecule has 0 aliphatic carbocycles. The topological polar surface area (TPSA) is 71.1 Å². The predicted octanol–water partition coefficient (Wildman–Crippen LogP) is -0.662. The molecule has 62 valence electrons. The Kier molecular flexibility index (Phi) is 1.57. The molecule has 2 aliphatic heterocycles. The molecule has 2 aliphatic rings. The molecule has 0 aromatic carbocycles. The molecular formula is C5H6O6. The predicted molar refractivity (Wildman–Crippen MR) is 28.7 cm³/mol. The molecule has 6 heteroatoms. The van der Waals surface area contributed by atoms with Gasteiger partial charge in [0.15, 0.2) is 6.79 Å². The zero-order valence-corrected chi connectivity index (χ0v) is 4.66. The summed E-state index contributed by atoms with van der Waals surface area (Å²) in [5.74, 6) is -2.19. The Balaban J connectivity index is 0.000000605. The van der Waals surface area contributed by atoms with Gasteiger partial charge in [0, 0.05) is 0 Å². The highest BCUT2D eigenvalue weighted by molar-refractivity contribution is 6.31. The average Bonchev–Trinajstić information content (AvgIpc) is 2.08. The third-order valence-corrected chi connectivity index (χ3v) is 1.07. The fourth-order valence-corrected chi connectivity index (χ4v) is 0.604. The van der Waals surface area contributed by atoms with Gasteiger partial charge < -0.3 is 9.47 Å². The summed E-state index contributed by atoms with van der Waals surface area (Å²) in [7, 11) is 0. The molecule has 0 N–H and O–H groups in total. The van der Waals surface area contributed by atoms with Crippen LogP contribution in [0, 0.1) is 0 Å². The summed E-state index contributed by atoms with van der Waals surface area (Å²) in [4.78, 5) is 20.7. The molecule has 0 unspecified atom stereocenters. The molecular weight excluding hydrogens is 156 g/mol. The van der Waals surface area contributed by atoms with Gasteiger partial charge >= 0.3 is 18.1 Å². The van der Waals surface area contributed by atoms with E-state index in [4.69, 9.17) is 0 Å². The molecule has 11 heavy (non-hydrogen) atoms. The summed E-state index contributed by atoms with van der Waals surface area (Å²) >= 11 is 0. The fraction of sp³-hybridized carbons (Fsp3) is 0.600. The summed E-state index contributed by atoms with van der Waals surface area (Å²) < 4.78 is 17.5. The number of esters is 2. The summed E-state index contributed by atoms with van der Waals surface area (Å²) in [5.41, 5.74) is 0. The Bertz CT molecular complexity index is 187. The van der Waals surface area contributed by atoms with E-state index >= 15 is 0 Å². The molecule has 0 aromatic rings. The second-order valence-corrected chi connectivity index (χ2v) is 1.69. The molecule has 2 heterocycles. The molecule has 0 bridgehead atoms. The third kappa shape index (κ3) is 0.958. The minimum Gasteiger partial charge on any atom is -0.365 e. The highest BCUT2D eigenvalue weighted by atomic mass is 17.1. The van der Waals surface area contributed by atoms with Gasteiger partial charge in [-0.2, -0.15) is 0 Å². The van der Waals surface area contributed by atoms with E-state index in [0.717, 1.165) is 0 Å². The van der Waals surface area contributed by atoms with Crippen LogP contribution in [-0.2, 0) is 28.5 Å². The highest BCUT2D eigenvalue weighted by Gasteiger charge is 2.58. The first kappa shape index (κ1) is 7.96. The molecule has 2 rings (SSSR count). The lowest BCUT2D eigenvalue weighted by Gasteiger charge is -2.30. The van der Waals surface area contributed by atoms with Crippen LogP contribution in [0.15, 0.2) is 0 Å². The van der Waals surface area contributed by atoms with Crippen LogP contribution >= 0.6 is 0 Å². The van der Waals surface area contributed by atoms with Gasteiger partial charge in [-0.1, -0.05) is 7.43 Å². The Morgan fingerprint density at radius 3 is 1.73 bits per heavy atom. The quantitative estimate of drug-likeness (QED) is 0.347. The number of ether oxygens (including phenoxy) is 4. The lowest BCUT2D eigenvalue weighted by Crippen LogP contribution is -2.48. The number of hydrogen-bond donors (Lipinski definition) is 0. The van der Waals surface area contributed by atoms with Crippen LogP contribution in [-0.4, -0.2) is 24.9 Å². The first-order valence-corrected chi connectivity index (χ1v) is 2.46. The molecule has 0 atom stereocenters. The van der Waals surface area contributed by atoms with Gasteiger partial charge in [-0.15, -0.1) is 0 Å². The van der Waals surface area contributed by atoms with Crippen LogP contribution in [0.5, 0.6) is 0 Å². The Morgan fingerprint density at radius 2 is 1.55 bits per heavy atom. The van der Waals surface area contributed by atoms with Gasteiger partial charge in [-0.25, -0.2) is 9.59 Å². The van der Waals surface area contributed by atoms with Gasteiger partial charge in [0.05, 0.1) is 0 Å². The summed E-state index contributed by atoms with van der Waals surface area (Å²) in [5, 5.41) is 0. The molecule has 0 amide bonds. The van der Waals surface area contributed by atoms with Crippen molar-refractivity contribution in [2.45, 2.75) is 13.6 Å². The van der Waals surface area contributed by atoms with Crippen molar-refractivity contribution in [3.8, 4) is 0 Å². The maximum Gasteiger partial charge on any atom is 0.519 e. The Hall–Kier alpha value is -1.14. The minimum absolute atomic E-state index is 0. The van der Waals surface area contributed by atoms with Gasteiger partial charge in [0.1, 0.15) is 0 Å². The molecule has 0 aromatic heterocycles. The van der Waals surface area contributed by atoms with Crippen LogP contribution in [0.4, 0.5) is 0 Å². The normalized spacial score (nSPS) is 25.1. The van der Waals surface area contributed by atoms with E-state index in [2.05, 4.69) is 18.9 Å². The largest absolute Gasteiger partial charge is 0.519 e. The van der Waals surface area contributed by atoms with Crippen molar-refractivity contribution >= 4 is 11.9 Å². The SMILES string of the molecule is C.O=C1OC2(OCO2)OC1=O. The molecule has 2 saturated heterocycles. The monoisotopic (exact) mass is 162 g/mol. The van der Waals surface area contributed by atoms with Gasteiger partial charge in [-0.05, 0) is 0 Å². The number of carbonyl (C=O) groups excluding carboxylic acids is 2. The maximum atomic E-state index is 10.3. The standard InChI is InChI=1S/C4H2O6.CH4/c5-2-3(6)10-4(9-2)7-1-8-4;/h1H2;1H4. The Morgan fingerprint density at radius 1 is 1.09 bits per heavy atom. The molecule has 0 radical (unpaired) electrons. The van der Waals surface area contributed by atoms with E-state index in [-0.39, 0.29) is 14.2 Å². The fourth-order valence-electron chi connectivity index (χ4n) is 0.604. The van der Waals surface area contributed by atoms with Crippen molar-refractivity contribution in [1.82, 2.24) is 0 Å². The second-order valence-electron chi connectivity index (χ2n) is 1.69. The summed E-state index contributed by atoms with van der Waals surface area (Å²) in [6.07, 6.45) is -1.84. The van der Waals surface area contributed by atoms with Gasteiger partial charge in [0.25, 0.3) is 0 Å². The van der Waals surface area contributed by atoms with Gasteiger partial charge in [-0.3, -0.25) is 9.47 Å². The second kappa shape index (κ2) is 2.18. The van der Waals surface area contributed by atoms with E-state index in [1.165, 1.54) is 0 Å². The van der Waals surface area contributed by atoms with Crippen molar-refractivity contribution < 1.29 is 28.5 Å². The van der Waals surface area contributed by atoms with Crippen molar-refractivity contribution in [2.24, 2.45) is 0 Å². The van der Waals surface area contributed by atoms with Crippen LogP contribution in [0.3, 0.4) is 0 Å². The highest BCUT2D eigenvalue weighted by Crippen LogP contribution is 2.30. The Labute approximate surface area is 62.0 Å². The van der Waals surface area contributed by atoms with Crippen molar-refractivity contribution in [2.75, 3.05) is 6.79 Å². The summed E-state index contributed by atoms with van der Waals surface area (Å²) in [6, 6.07) is 0. The van der Waals surface area contributed by atoms with Crippen LogP contribution in [0.1, 0.15) is 7.43 Å². The number of hydrogen-bond acceptors (Lipinski definition) is 6. The first-order chi connectivity index (χ1) is 4.72. The molecule has 2 fully saturated rings. The average molecular weight is 162 g/mol.